The standard InChI is InChI=1S/C15H13IN2O3/c16-11-7-4-8-12(9-11)17-15(21)18-13(14(19)20)10-5-2-1-3-6-10/h1-9,13H,(H,19,20)(H2,17,18,21)/t13-/m0/s1. The summed E-state index contributed by atoms with van der Waals surface area (Å²) in [6.45, 7) is 0. The van der Waals surface area contributed by atoms with Crippen molar-refractivity contribution in [3.05, 3.63) is 63.7 Å². The summed E-state index contributed by atoms with van der Waals surface area (Å²) >= 11 is 2.13. The number of anilines is 1. The Hall–Kier alpha value is -2.09. The van der Waals surface area contributed by atoms with E-state index in [1.165, 1.54) is 0 Å². The second kappa shape index (κ2) is 7.07. The molecule has 2 aromatic rings. The van der Waals surface area contributed by atoms with Crippen LogP contribution in [0.2, 0.25) is 0 Å². The molecule has 0 fully saturated rings. The highest BCUT2D eigenvalue weighted by atomic mass is 127. The van der Waals surface area contributed by atoms with E-state index in [4.69, 9.17) is 0 Å². The second-order valence-electron chi connectivity index (χ2n) is 4.29. The number of urea groups is 1. The fraction of sp³-hybridized carbons (Fsp3) is 0.0667. The highest BCUT2D eigenvalue weighted by Gasteiger charge is 2.21. The van der Waals surface area contributed by atoms with Crippen LogP contribution in [-0.2, 0) is 4.79 Å². The van der Waals surface area contributed by atoms with Crippen molar-refractivity contribution in [2.24, 2.45) is 0 Å². The molecule has 2 rings (SSSR count). The van der Waals surface area contributed by atoms with Gasteiger partial charge in [0.1, 0.15) is 0 Å². The van der Waals surface area contributed by atoms with E-state index < -0.39 is 18.0 Å². The average Bonchev–Trinajstić information content (AvgIpc) is 2.45. The normalized spacial score (nSPS) is 11.5. The minimum atomic E-state index is -1.11. The lowest BCUT2D eigenvalue weighted by molar-refractivity contribution is -0.139. The van der Waals surface area contributed by atoms with Gasteiger partial charge < -0.3 is 15.7 Å². The number of benzene rings is 2. The van der Waals surface area contributed by atoms with Gasteiger partial charge in [-0.15, -0.1) is 0 Å². The summed E-state index contributed by atoms with van der Waals surface area (Å²) in [4.78, 5) is 23.2. The maximum atomic E-state index is 11.9. The zero-order valence-corrected chi connectivity index (χ0v) is 13.1. The van der Waals surface area contributed by atoms with Crippen molar-refractivity contribution >= 4 is 40.3 Å². The molecule has 0 saturated carbocycles. The van der Waals surface area contributed by atoms with E-state index in [0.717, 1.165) is 3.57 Å². The number of carbonyl (C=O) groups excluding carboxylic acids is 1. The lowest BCUT2D eigenvalue weighted by Gasteiger charge is -2.15. The van der Waals surface area contributed by atoms with Gasteiger partial charge >= 0.3 is 12.0 Å². The van der Waals surface area contributed by atoms with Gasteiger partial charge in [-0.3, -0.25) is 0 Å². The van der Waals surface area contributed by atoms with Gasteiger partial charge in [0.15, 0.2) is 6.04 Å². The fourth-order valence-corrected chi connectivity index (χ4v) is 2.34. The number of hydrogen-bond acceptors (Lipinski definition) is 2. The molecule has 3 N–H and O–H groups in total. The topological polar surface area (TPSA) is 78.4 Å². The first-order valence-electron chi connectivity index (χ1n) is 6.17. The van der Waals surface area contributed by atoms with Crippen LogP contribution >= 0.6 is 22.6 Å². The molecule has 108 valence electrons. The Morgan fingerprint density at radius 1 is 1.05 bits per heavy atom. The second-order valence-corrected chi connectivity index (χ2v) is 5.54. The zero-order chi connectivity index (χ0) is 15.2. The lowest BCUT2D eigenvalue weighted by Crippen LogP contribution is -2.36. The predicted octanol–water partition coefficient (Wildman–Crippen LogP) is 3.24. The first-order chi connectivity index (χ1) is 10.1. The minimum Gasteiger partial charge on any atom is -0.479 e. The van der Waals surface area contributed by atoms with Gasteiger partial charge in [-0.2, -0.15) is 0 Å². The predicted molar refractivity (Wildman–Crippen MR) is 88.1 cm³/mol. The number of carboxylic acid groups (broad SMARTS) is 1. The molecule has 2 amide bonds. The monoisotopic (exact) mass is 396 g/mol. The highest BCUT2D eigenvalue weighted by molar-refractivity contribution is 14.1. The number of hydrogen-bond donors (Lipinski definition) is 3. The molecule has 5 nitrogen and oxygen atoms in total. The third-order valence-corrected chi connectivity index (χ3v) is 3.41. The maximum Gasteiger partial charge on any atom is 0.330 e. The van der Waals surface area contributed by atoms with Crippen LogP contribution in [0.3, 0.4) is 0 Å². The molecule has 6 heteroatoms. The van der Waals surface area contributed by atoms with Crippen LogP contribution in [0, 0.1) is 3.57 Å². The van der Waals surface area contributed by atoms with E-state index in [9.17, 15) is 14.7 Å². The number of halogens is 1. The van der Waals surface area contributed by atoms with E-state index in [0.29, 0.717) is 11.3 Å². The Bertz CT molecular complexity index is 646. The quantitative estimate of drug-likeness (QED) is 0.695. The summed E-state index contributed by atoms with van der Waals surface area (Å²) in [5.41, 5.74) is 1.12. The van der Waals surface area contributed by atoms with Crippen LogP contribution in [0.1, 0.15) is 11.6 Å². The van der Waals surface area contributed by atoms with Gasteiger partial charge in [-0.1, -0.05) is 36.4 Å². The molecule has 0 bridgehead atoms. The number of nitrogens with one attached hydrogen (secondary N) is 2. The third-order valence-electron chi connectivity index (χ3n) is 2.74. The first-order valence-corrected chi connectivity index (χ1v) is 7.25. The Morgan fingerprint density at radius 3 is 2.38 bits per heavy atom. The highest BCUT2D eigenvalue weighted by Crippen LogP contribution is 2.15. The van der Waals surface area contributed by atoms with Gasteiger partial charge in [0.2, 0.25) is 0 Å². The van der Waals surface area contributed by atoms with Crippen molar-refractivity contribution in [1.82, 2.24) is 5.32 Å². The lowest BCUT2D eigenvalue weighted by atomic mass is 10.1. The summed E-state index contributed by atoms with van der Waals surface area (Å²) in [5.74, 6) is -1.11. The van der Waals surface area contributed by atoms with E-state index in [1.807, 2.05) is 12.1 Å². The molecule has 21 heavy (non-hydrogen) atoms. The fourth-order valence-electron chi connectivity index (χ4n) is 1.80. The van der Waals surface area contributed by atoms with Crippen LogP contribution in [0.25, 0.3) is 0 Å². The van der Waals surface area contributed by atoms with Crippen LogP contribution in [-0.4, -0.2) is 17.1 Å². The summed E-state index contributed by atoms with van der Waals surface area (Å²) in [5, 5.41) is 14.3. The largest absolute Gasteiger partial charge is 0.479 e. The van der Waals surface area contributed by atoms with Crippen molar-refractivity contribution in [3.8, 4) is 0 Å². The van der Waals surface area contributed by atoms with Crippen LogP contribution in [0.5, 0.6) is 0 Å². The first kappa shape index (κ1) is 15.3. The Morgan fingerprint density at radius 2 is 1.76 bits per heavy atom. The SMILES string of the molecule is O=C(Nc1cccc(I)c1)N[C@H](C(=O)O)c1ccccc1. The molecule has 0 unspecified atom stereocenters. The van der Waals surface area contributed by atoms with E-state index in [2.05, 4.69) is 33.2 Å². The van der Waals surface area contributed by atoms with Crippen LogP contribution in [0.15, 0.2) is 54.6 Å². The van der Waals surface area contributed by atoms with Gasteiger partial charge in [0.25, 0.3) is 0 Å². The van der Waals surface area contributed by atoms with Crippen molar-refractivity contribution in [2.75, 3.05) is 5.32 Å². The zero-order valence-electron chi connectivity index (χ0n) is 10.9. The number of amides is 2. The molecular weight excluding hydrogens is 383 g/mol. The molecular formula is C15H13IN2O3. The number of carbonyl (C=O) groups is 2. The summed E-state index contributed by atoms with van der Waals surface area (Å²) in [6.07, 6.45) is 0. The Balaban J connectivity index is 2.07. The van der Waals surface area contributed by atoms with Crippen molar-refractivity contribution < 1.29 is 14.7 Å². The summed E-state index contributed by atoms with van der Waals surface area (Å²) in [6, 6.07) is 14.1. The maximum absolute atomic E-state index is 11.9. The molecule has 0 aliphatic rings. The van der Waals surface area contributed by atoms with Gasteiger partial charge in [0.05, 0.1) is 0 Å². The van der Waals surface area contributed by atoms with Crippen molar-refractivity contribution in [2.45, 2.75) is 6.04 Å². The van der Waals surface area contributed by atoms with Crippen molar-refractivity contribution in [3.63, 3.8) is 0 Å². The summed E-state index contributed by atoms with van der Waals surface area (Å²) < 4.78 is 0.975. The van der Waals surface area contributed by atoms with Gasteiger partial charge in [-0.05, 0) is 46.4 Å². The van der Waals surface area contributed by atoms with E-state index in [1.54, 1.807) is 42.5 Å². The Kier molecular flexibility index (Phi) is 5.15. The molecule has 0 aromatic heterocycles. The van der Waals surface area contributed by atoms with Gasteiger partial charge in [0, 0.05) is 9.26 Å². The van der Waals surface area contributed by atoms with E-state index in [-0.39, 0.29) is 0 Å². The molecule has 0 aliphatic carbocycles. The molecule has 0 heterocycles. The van der Waals surface area contributed by atoms with Crippen molar-refractivity contribution in [1.29, 1.82) is 0 Å². The Labute approximate surface area is 135 Å². The third kappa shape index (κ3) is 4.45. The number of carboxylic acids is 1. The molecule has 2 aromatic carbocycles. The molecule has 0 radical (unpaired) electrons. The molecule has 0 saturated heterocycles. The molecule has 0 spiro atoms. The van der Waals surface area contributed by atoms with Crippen LogP contribution < -0.4 is 10.6 Å². The van der Waals surface area contributed by atoms with Crippen LogP contribution in [0.4, 0.5) is 10.5 Å². The average molecular weight is 396 g/mol. The molecule has 1 atom stereocenters. The van der Waals surface area contributed by atoms with Gasteiger partial charge in [-0.25, -0.2) is 9.59 Å². The van der Waals surface area contributed by atoms with E-state index >= 15 is 0 Å². The smallest absolute Gasteiger partial charge is 0.330 e. The molecule has 0 aliphatic heterocycles. The number of rotatable bonds is 4. The summed E-state index contributed by atoms with van der Waals surface area (Å²) in [7, 11) is 0. The number of aliphatic carboxylic acids is 1. The minimum absolute atomic E-state index is 0.516.